The first-order chi connectivity index (χ1) is 8.56. The summed E-state index contributed by atoms with van der Waals surface area (Å²) < 4.78 is 30.6. The van der Waals surface area contributed by atoms with Crippen molar-refractivity contribution in [1.29, 1.82) is 0 Å². The molecule has 0 aliphatic heterocycles. The van der Waals surface area contributed by atoms with Gasteiger partial charge in [-0.15, -0.1) is 0 Å². The molecule has 0 spiro atoms. The van der Waals surface area contributed by atoms with Crippen LogP contribution in [0.3, 0.4) is 0 Å². The fourth-order valence-electron chi connectivity index (χ4n) is 1.70. The van der Waals surface area contributed by atoms with Gasteiger partial charge in [0.05, 0.1) is 32.9 Å². The Hall–Kier alpha value is -0.920. The summed E-state index contributed by atoms with van der Waals surface area (Å²) in [5, 5.41) is 2.78. The van der Waals surface area contributed by atoms with Crippen molar-refractivity contribution in [2.24, 2.45) is 0 Å². The molecule has 0 saturated heterocycles. The minimum absolute atomic E-state index is 0.0458. The van der Waals surface area contributed by atoms with Gasteiger partial charge in [-0.1, -0.05) is 6.58 Å². The van der Waals surface area contributed by atoms with Crippen molar-refractivity contribution in [2.75, 3.05) is 32.9 Å². The minimum atomic E-state index is -3.88. The third kappa shape index (κ3) is 10.7. The molecule has 2 N–H and O–H groups in total. The van der Waals surface area contributed by atoms with Crippen LogP contribution in [0.4, 0.5) is 0 Å². The number of carbonyl (C=O) groups excluding carboxylic acids is 1. The summed E-state index contributed by atoms with van der Waals surface area (Å²) in [6.45, 7) is 6.77. The predicted octanol–water partition coefficient (Wildman–Crippen LogP) is 0.422. The second-order valence-corrected chi connectivity index (χ2v) is 7.00. The number of quaternary nitrogens is 1. The molecule has 0 radical (unpaired) electrons. The molecule has 0 aromatic rings. The Balaban J connectivity index is 4.02. The number of amides is 1. The third-order valence-electron chi connectivity index (χ3n) is 2.91. The molecule has 19 heavy (non-hydrogen) atoms. The van der Waals surface area contributed by atoms with E-state index in [4.69, 9.17) is 4.55 Å². The lowest BCUT2D eigenvalue weighted by Crippen LogP contribution is -2.44. The first-order valence-corrected chi connectivity index (χ1v) is 7.87. The van der Waals surface area contributed by atoms with Crippen molar-refractivity contribution in [3.63, 3.8) is 0 Å². The van der Waals surface area contributed by atoms with E-state index >= 15 is 0 Å². The van der Waals surface area contributed by atoms with Crippen LogP contribution in [0.25, 0.3) is 0 Å². The highest BCUT2D eigenvalue weighted by atomic mass is 32.2. The van der Waals surface area contributed by atoms with E-state index in [1.165, 1.54) is 6.08 Å². The van der Waals surface area contributed by atoms with E-state index in [0.29, 0.717) is 17.4 Å². The molecule has 6 nitrogen and oxygen atoms in total. The molecule has 0 rings (SSSR count). The highest BCUT2D eigenvalue weighted by Crippen LogP contribution is 2.05. The maximum absolute atomic E-state index is 11.1. The monoisotopic (exact) mass is 293 g/mol. The van der Waals surface area contributed by atoms with Gasteiger partial charge >= 0.3 is 0 Å². The van der Waals surface area contributed by atoms with Crippen molar-refractivity contribution in [3.8, 4) is 0 Å². The van der Waals surface area contributed by atoms with Crippen LogP contribution in [0.1, 0.15) is 19.8 Å². The zero-order valence-corrected chi connectivity index (χ0v) is 12.7. The lowest BCUT2D eigenvalue weighted by Gasteiger charge is -2.31. The molecule has 0 saturated carbocycles. The first kappa shape index (κ1) is 18.1. The largest absolute Gasteiger partial charge is 0.350 e. The van der Waals surface area contributed by atoms with E-state index in [1.54, 1.807) is 0 Å². The SMILES string of the molecule is C=CC(=O)NC(C)CC[N+](C)(C)CCCS(=O)(=O)O. The molecule has 1 atom stereocenters. The van der Waals surface area contributed by atoms with Crippen LogP contribution in [0.2, 0.25) is 0 Å². The van der Waals surface area contributed by atoms with E-state index in [-0.39, 0.29) is 17.7 Å². The van der Waals surface area contributed by atoms with Gasteiger partial charge < -0.3 is 9.80 Å². The van der Waals surface area contributed by atoms with E-state index in [0.717, 1.165) is 13.0 Å². The van der Waals surface area contributed by atoms with Gasteiger partial charge in [0.25, 0.3) is 10.1 Å². The molecule has 0 aliphatic rings. The maximum Gasteiger partial charge on any atom is 0.265 e. The first-order valence-electron chi connectivity index (χ1n) is 6.26. The summed E-state index contributed by atoms with van der Waals surface area (Å²) in [6, 6.07) is 0.0458. The Kier molecular flexibility index (Phi) is 7.25. The Labute approximate surface area is 115 Å². The van der Waals surface area contributed by atoms with Crippen molar-refractivity contribution in [3.05, 3.63) is 12.7 Å². The predicted molar refractivity (Wildman–Crippen MR) is 75.3 cm³/mol. The number of rotatable bonds is 9. The van der Waals surface area contributed by atoms with Gasteiger partial charge in [-0.3, -0.25) is 9.35 Å². The minimum Gasteiger partial charge on any atom is -0.350 e. The van der Waals surface area contributed by atoms with Crippen LogP contribution in [-0.4, -0.2) is 62.3 Å². The maximum atomic E-state index is 11.1. The van der Waals surface area contributed by atoms with Crippen molar-refractivity contribution < 1.29 is 22.2 Å². The fraction of sp³-hybridized carbons (Fsp3) is 0.750. The Morgan fingerprint density at radius 3 is 2.47 bits per heavy atom. The lowest BCUT2D eigenvalue weighted by molar-refractivity contribution is -0.890. The Morgan fingerprint density at radius 1 is 1.42 bits per heavy atom. The number of hydrogen-bond donors (Lipinski definition) is 2. The van der Waals surface area contributed by atoms with Crippen molar-refractivity contribution >= 4 is 16.0 Å². The second kappa shape index (κ2) is 7.62. The van der Waals surface area contributed by atoms with Gasteiger partial charge in [0.15, 0.2) is 0 Å². The Bertz CT molecular complexity index is 404. The Morgan fingerprint density at radius 2 is 2.00 bits per heavy atom. The topological polar surface area (TPSA) is 83.5 Å². The quantitative estimate of drug-likeness (QED) is 0.367. The standard InChI is InChI=1S/C12H24N2O4S/c1-5-12(15)13-11(2)7-9-14(3,4)8-6-10-19(16,17)18/h5,11H,1,6-10H2,2-4H3,(H-,13,15,16,17,18)/p+1. The molecule has 7 heteroatoms. The molecular weight excluding hydrogens is 268 g/mol. The van der Waals surface area contributed by atoms with Gasteiger partial charge in [-0.2, -0.15) is 8.42 Å². The molecule has 112 valence electrons. The van der Waals surface area contributed by atoms with Crippen LogP contribution in [0.5, 0.6) is 0 Å². The molecule has 0 aromatic heterocycles. The van der Waals surface area contributed by atoms with E-state index in [2.05, 4.69) is 11.9 Å². The zero-order valence-electron chi connectivity index (χ0n) is 11.9. The summed E-state index contributed by atoms with van der Waals surface area (Å²) in [4.78, 5) is 11.1. The highest BCUT2D eigenvalue weighted by molar-refractivity contribution is 7.85. The molecule has 1 unspecified atom stereocenters. The lowest BCUT2D eigenvalue weighted by atomic mass is 10.2. The number of carbonyl (C=O) groups is 1. The van der Waals surface area contributed by atoms with E-state index in [1.807, 2.05) is 21.0 Å². The molecule has 0 heterocycles. The zero-order chi connectivity index (χ0) is 15.1. The fourth-order valence-corrected chi connectivity index (χ4v) is 2.20. The average molecular weight is 293 g/mol. The highest BCUT2D eigenvalue weighted by Gasteiger charge is 2.18. The van der Waals surface area contributed by atoms with Gasteiger partial charge in [-0.25, -0.2) is 0 Å². The molecule has 0 aromatic carbocycles. The van der Waals surface area contributed by atoms with Gasteiger partial charge in [-0.05, 0) is 13.0 Å². The summed E-state index contributed by atoms with van der Waals surface area (Å²) in [5.41, 5.74) is 0. The summed E-state index contributed by atoms with van der Waals surface area (Å²) in [6.07, 6.45) is 2.44. The van der Waals surface area contributed by atoms with Crippen LogP contribution in [0, 0.1) is 0 Å². The van der Waals surface area contributed by atoms with Crippen LogP contribution < -0.4 is 5.32 Å². The van der Waals surface area contributed by atoms with Crippen LogP contribution in [-0.2, 0) is 14.9 Å². The second-order valence-electron chi connectivity index (χ2n) is 5.42. The summed E-state index contributed by atoms with van der Waals surface area (Å²) in [5.74, 6) is -0.401. The normalized spacial score (nSPS) is 13.9. The molecule has 0 bridgehead atoms. The number of hydrogen-bond acceptors (Lipinski definition) is 3. The number of nitrogens with one attached hydrogen (secondary N) is 1. The smallest absolute Gasteiger partial charge is 0.265 e. The van der Waals surface area contributed by atoms with Crippen molar-refractivity contribution in [2.45, 2.75) is 25.8 Å². The van der Waals surface area contributed by atoms with E-state index < -0.39 is 10.1 Å². The van der Waals surface area contributed by atoms with Crippen LogP contribution in [0.15, 0.2) is 12.7 Å². The molecule has 0 aliphatic carbocycles. The van der Waals surface area contributed by atoms with E-state index in [9.17, 15) is 13.2 Å². The van der Waals surface area contributed by atoms with Crippen LogP contribution >= 0.6 is 0 Å². The summed E-state index contributed by atoms with van der Waals surface area (Å²) in [7, 11) is 0.109. The van der Waals surface area contributed by atoms with Gasteiger partial charge in [0.2, 0.25) is 5.91 Å². The molecular formula is C12H25N2O4S+. The van der Waals surface area contributed by atoms with Gasteiger partial charge in [0.1, 0.15) is 0 Å². The average Bonchev–Trinajstić information content (AvgIpc) is 2.24. The van der Waals surface area contributed by atoms with Crippen molar-refractivity contribution in [1.82, 2.24) is 5.32 Å². The summed E-state index contributed by atoms with van der Waals surface area (Å²) >= 11 is 0. The molecule has 0 fully saturated rings. The number of nitrogens with zero attached hydrogens (tertiary/aromatic N) is 1. The third-order valence-corrected chi connectivity index (χ3v) is 3.71. The van der Waals surface area contributed by atoms with Gasteiger partial charge in [0, 0.05) is 18.9 Å². The molecule has 1 amide bonds.